The molecule has 2 aliphatic heterocycles. The van der Waals surface area contributed by atoms with E-state index in [-0.39, 0.29) is 6.10 Å². The van der Waals surface area contributed by atoms with Crippen molar-refractivity contribution in [2.75, 3.05) is 0 Å². The average molecular weight is 423 g/mol. The zero-order valence-corrected chi connectivity index (χ0v) is 18.9. The van der Waals surface area contributed by atoms with Crippen LogP contribution in [0.25, 0.3) is 11.1 Å². The molecule has 2 unspecified atom stereocenters. The Morgan fingerprint density at radius 1 is 0.613 bits per heavy atom. The van der Waals surface area contributed by atoms with E-state index in [1.807, 2.05) is 0 Å². The Kier molecular flexibility index (Phi) is 4.06. The first kappa shape index (κ1) is 19.0. The van der Waals surface area contributed by atoms with Gasteiger partial charge >= 0.3 is 185 Å². The Balaban J connectivity index is 1.75. The van der Waals surface area contributed by atoms with Gasteiger partial charge in [0.1, 0.15) is 0 Å². The van der Waals surface area contributed by atoms with Gasteiger partial charge in [0.25, 0.3) is 0 Å². The molecule has 0 aromatic heterocycles. The molecule has 2 heteroatoms. The minimum absolute atomic E-state index is 0.0956. The summed E-state index contributed by atoms with van der Waals surface area (Å²) >= 11 is 0. The summed E-state index contributed by atoms with van der Waals surface area (Å²) in [6.07, 6.45) is 0.0956. The Morgan fingerprint density at radius 2 is 1.10 bits per heavy atom. The molecule has 0 aliphatic carbocycles. The number of fused-ring (bicyclic) bond motifs is 5. The van der Waals surface area contributed by atoms with Crippen molar-refractivity contribution in [3.05, 3.63) is 115 Å². The summed E-state index contributed by atoms with van der Waals surface area (Å²) in [4.78, 5) is 0. The molecule has 4 aromatic rings. The quantitative estimate of drug-likeness (QED) is 0.357. The minimum atomic E-state index is -3.11. The van der Waals surface area contributed by atoms with Crippen molar-refractivity contribution < 1.29 is 4.52 Å². The van der Waals surface area contributed by atoms with Gasteiger partial charge in [-0.15, -0.1) is 0 Å². The molecule has 0 bridgehead atoms. The number of benzene rings is 4. The standard InChI is InChI=1S/C29H27OP/c1-21(2)29-28(22-13-5-3-6-14-22)30-31(29,23-15-7-4-8-16-23)26-19-11-9-17-24(26)25-18-10-12-20-27(25)31/h3-21,28-29H,1-2H3. The van der Waals surface area contributed by atoms with Crippen LogP contribution >= 0.6 is 6.83 Å². The molecule has 0 saturated carbocycles. The fraction of sp³-hybridized carbons (Fsp3) is 0.172. The topological polar surface area (TPSA) is 9.23 Å². The van der Waals surface area contributed by atoms with Crippen molar-refractivity contribution in [3.8, 4) is 11.1 Å². The number of hydrogen-bond acceptors (Lipinski definition) is 1. The third-order valence-corrected chi connectivity index (χ3v) is 14.0. The zero-order valence-electron chi connectivity index (χ0n) is 18.0. The summed E-state index contributed by atoms with van der Waals surface area (Å²) in [5, 5.41) is 4.18. The molecule has 31 heavy (non-hydrogen) atoms. The molecule has 1 fully saturated rings. The molecule has 2 atom stereocenters. The van der Waals surface area contributed by atoms with Crippen LogP contribution in [0.5, 0.6) is 0 Å². The van der Waals surface area contributed by atoms with Crippen LogP contribution < -0.4 is 15.9 Å². The monoisotopic (exact) mass is 422 g/mol. The molecule has 2 aliphatic rings. The molecular formula is C29H27OP. The van der Waals surface area contributed by atoms with Gasteiger partial charge < -0.3 is 0 Å². The first-order valence-corrected chi connectivity index (χ1v) is 13.4. The molecule has 2 heterocycles. The predicted molar refractivity (Wildman–Crippen MR) is 133 cm³/mol. The van der Waals surface area contributed by atoms with Crippen LogP contribution in [0.15, 0.2) is 109 Å². The molecule has 4 aromatic carbocycles. The van der Waals surface area contributed by atoms with Gasteiger partial charge in [-0.05, 0) is 0 Å². The van der Waals surface area contributed by atoms with Crippen molar-refractivity contribution in [1.29, 1.82) is 0 Å². The number of rotatable bonds is 3. The van der Waals surface area contributed by atoms with Gasteiger partial charge in [-0.25, -0.2) is 0 Å². The molecule has 154 valence electrons. The van der Waals surface area contributed by atoms with Crippen LogP contribution in [0.3, 0.4) is 0 Å². The summed E-state index contributed by atoms with van der Waals surface area (Å²) in [5.41, 5.74) is 4.36. The summed E-state index contributed by atoms with van der Waals surface area (Å²) in [7, 11) is 0. The van der Waals surface area contributed by atoms with Gasteiger partial charge in [0.05, 0.1) is 0 Å². The van der Waals surface area contributed by atoms with Crippen LogP contribution in [-0.4, -0.2) is 5.66 Å². The second-order valence-electron chi connectivity index (χ2n) is 9.14. The van der Waals surface area contributed by atoms with E-state index in [2.05, 4.69) is 123 Å². The van der Waals surface area contributed by atoms with Crippen molar-refractivity contribution >= 4 is 22.7 Å². The van der Waals surface area contributed by atoms with E-state index < -0.39 is 6.83 Å². The van der Waals surface area contributed by atoms with Crippen LogP contribution in [0.2, 0.25) is 0 Å². The SMILES string of the molecule is CC(C)C1C(c2ccccc2)OP12(c1ccccc1)c1ccccc1-c1ccccc12. The van der Waals surface area contributed by atoms with Crippen molar-refractivity contribution in [2.45, 2.75) is 25.6 Å². The summed E-state index contributed by atoms with van der Waals surface area (Å²) in [5.74, 6) is 0.469. The van der Waals surface area contributed by atoms with E-state index >= 15 is 0 Å². The van der Waals surface area contributed by atoms with Gasteiger partial charge in [0.15, 0.2) is 0 Å². The van der Waals surface area contributed by atoms with Gasteiger partial charge in [0.2, 0.25) is 0 Å². The molecule has 6 rings (SSSR count). The molecule has 0 amide bonds. The third-order valence-electron chi connectivity index (χ3n) is 7.35. The van der Waals surface area contributed by atoms with E-state index in [1.54, 1.807) is 0 Å². The maximum atomic E-state index is 7.50. The summed E-state index contributed by atoms with van der Waals surface area (Å²) < 4.78 is 7.50. The van der Waals surface area contributed by atoms with Crippen LogP contribution in [0.4, 0.5) is 0 Å². The number of hydrogen-bond donors (Lipinski definition) is 0. The molecule has 0 N–H and O–H groups in total. The van der Waals surface area contributed by atoms with E-state index in [4.69, 9.17) is 4.52 Å². The Bertz CT molecular complexity index is 1220. The Hall–Kier alpha value is -2.73. The Labute approximate surface area is 184 Å². The third kappa shape index (κ3) is 2.19. The van der Waals surface area contributed by atoms with Crippen LogP contribution in [0.1, 0.15) is 25.5 Å². The fourth-order valence-electron chi connectivity index (χ4n) is 6.36. The van der Waals surface area contributed by atoms with E-state index in [1.165, 1.54) is 32.6 Å². The molecular weight excluding hydrogens is 395 g/mol. The first-order chi connectivity index (χ1) is 15.2. The van der Waals surface area contributed by atoms with E-state index in [0.29, 0.717) is 11.6 Å². The normalized spacial score (nSPS) is 23.4. The zero-order chi connectivity index (χ0) is 21.1. The van der Waals surface area contributed by atoms with Gasteiger partial charge in [0, 0.05) is 0 Å². The molecule has 1 spiro atoms. The van der Waals surface area contributed by atoms with Gasteiger partial charge in [-0.2, -0.15) is 0 Å². The van der Waals surface area contributed by atoms with Crippen LogP contribution in [-0.2, 0) is 4.52 Å². The summed E-state index contributed by atoms with van der Waals surface area (Å²) in [6.45, 7) is 1.65. The molecule has 1 nitrogen and oxygen atoms in total. The van der Waals surface area contributed by atoms with Crippen molar-refractivity contribution in [2.24, 2.45) is 5.92 Å². The first-order valence-electron chi connectivity index (χ1n) is 11.2. The molecule has 0 radical (unpaired) electrons. The molecule has 1 saturated heterocycles. The van der Waals surface area contributed by atoms with E-state index in [9.17, 15) is 0 Å². The second kappa shape index (κ2) is 6.63. The van der Waals surface area contributed by atoms with Crippen molar-refractivity contribution in [1.82, 2.24) is 0 Å². The predicted octanol–water partition coefficient (Wildman–Crippen LogP) is 6.21. The second-order valence-corrected chi connectivity index (χ2v) is 13.6. The average Bonchev–Trinajstić information content (AvgIpc) is 3.08. The van der Waals surface area contributed by atoms with E-state index in [0.717, 1.165) is 0 Å². The maximum absolute atomic E-state index is 7.50. The fourth-order valence-corrected chi connectivity index (χ4v) is 14.0. The Morgan fingerprint density at radius 3 is 1.65 bits per heavy atom. The van der Waals surface area contributed by atoms with Crippen molar-refractivity contribution in [3.63, 3.8) is 0 Å². The van der Waals surface area contributed by atoms with Crippen LogP contribution in [0, 0.1) is 5.92 Å². The van der Waals surface area contributed by atoms with Gasteiger partial charge in [-0.3, -0.25) is 0 Å². The van der Waals surface area contributed by atoms with Gasteiger partial charge in [-0.1, -0.05) is 0 Å². The summed E-state index contributed by atoms with van der Waals surface area (Å²) in [6, 6.07) is 39.9.